The first kappa shape index (κ1) is 18.3. The highest BCUT2D eigenvalue weighted by Gasteiger charge is 2.16. The summed E-state index contributed by atoms with van der Waals surface area (Å²) in [5.41, 5.74) is 2.86. The summed E-state index contributed by atoms with van der Waals surface area (Å²) < 4.78 is 0. The van der Waals surface area contributed by atoms with Gasteiger partial charge in [0.25, 0.3) is 0 Å². The molecule has 26 heavy (non-hydrogen) atoms. The molecule has 0 radical (unpaired) electrons. The highest BCUT2D eigenvalue weighted by Crippen LogP contribution is 2.29. The van der Waals surface area contributed by atoms with Gasteiger partial charge in [-0.3, -0.25) is 9.97 Å². The van der Waals surface area contributed by atoms with Gasteiger partial charge in [-0.25, -0.2) is 4.79 Å². The zero-order valence-electron chi connectivity index (χ0n) is 15.4. The summed E-state index contributed by atoms with van der Waals surface area (Å²) in [6, 6.07) is 7.61. The van der Waals surface area contributed by atoms with Gasteiger partial charge in [-0.2, -0.15) is 0 Å². The first-order valence-electron chi connectivity index (χ1n) is 9.61. The van der Waals surface area contributed by atoms with E-state index in [1.807, 2.05) is 12.1 Å². The highest BCUT2D eigenvalue weighted by molar-refractivity contribution is 6.12. The van der Waals surface area contributed by atoms with Gasteiger partial charge in [-0.05, 0) is 36.6 Å². The lowest BCUT2D eigenvalue weighted by atomic mass is 9.95. The van der Waals surface area contributed by atoms with Crippen molar-refractivity contribution in [2.45, 2.75) is 58.3 Å². The summed E-state index contributed by atoms with van der Waals surface area (Å²) in [6.07, 6.45) is 12.9. The monoisotopic (exact) mass is 350 g/mol. The molecule has 2 heterocycles. The van der Waals surface area contributed by atoms with Crippen LogP contribution in [0.25, 0.3) is 21.8 Å². The maximum Gasteiger partial charge on any atom is 0.336 e. The number of aromatic carboxylic acids is 1. The van der Waals surface area contributed by atoms with Crippen molar-refractivity contribution in [3.05, 3.63) is 47.8 Å². The van der Waals surface area contributed by atoms with E-state index in [-0.39, 0.29) is 0 Å². The van der Waals surface area contributed by atoms with Gasteiger partial charge in [-0.15, -0.1) is 0 Å². The van der Waals surface area contributed by atoms with Crippen LogP contribution in [0.3, 0.4) is 0 Å². The number of carboxylic acids is 1. The third-order valence-electron chi connectivity index (χ3n) is 4.95. The average Bonchev–Trinajstić information content (AvgIpc) is 2.66. The smallest absolute Gasteiger partial charge is 0.336 e. The number of fused-ring (bicyclic) bond motifs is 3. The molecular weight excluding hydrogens is 324 g/mol. The predicted octanol–water partition coefficient (Wildman–Crippen LogP) is 5.77. The molecular formula is C22H26N2O2. The van der Waals surface area contributed by atoms with E-state index in [0.717, 1.165) is 34.7 Å². The molecule has 0 aliphatic heterocycles. The van der Waals surface area contributed by atoms with Crippen molar-refractivity contribution in [1.29, 1.82) is 0 Å². The maximum atomic E-state index is 11.7. The van der Waals surface area contributed by atoms with Crippen LogP contribution in [0.5, 0.6) is 0 Å². The van der Waals surface area contributed by atoms with Gasteiger partial charge in [0.05, 0.1) is 16.6 Å². The lowest BCUT2D eigenvalue weighted by molar-refractivity contribution is 0.0699. The zero-order chi connectivity index (χ0) is 18.4. The number of unbranched alkanes of at least 4 members (excludes halogenated alkanes) is 6. The molecule has 0 amide bonds. The van der Waals surface area contributed by atoms with Crippen LogP contribution in [0.2, 0.25) is 0 Å². The quantitative estimate of drug-likeness (QED) is 0.393. The van der Waals surface area contributed by atoms with Gasteiger partial charge in [-0.1, -0.05) is 51.5 Å². The number of carboxylic acid groups (broad SMARTS) is 1. The van der Waals surface area contributed by atoms with Crippen LogP contribution in [0.4, 0.5) is 0 Å². The molecule has 3 rings (SSSR count). The van der Waals surface area contributed by atoms with Crippen molar-refractivity contribution < 1.29 is 9.90 Å². The van der Waals surface area contributed by atoms with Crippen molar-refractivity contribution in [2.24, 2.45) is 0 Å². The van der Waals surface area contributed by atoms with Crippen molar-refractivity contribution in [1.82, 2.24) is 9.97 Å². The molecule has 0 aliphatic rings. The Bertz CT molecular complexity index is 905. The third-order valence-corrected chi connectivity index (χ3v) is 4.95. The molecule has 0 bridgehead atoms. The van der Waals surface area contributed by atoms with Crippen LogP contribution in [0.15, 0.2) is 36.7 Å². The molecule has 3 aromatic rings. The summed E-state index contributed by atoms with van der Waals surface area (Å²) in [6.45, 7) is 2.23. The Balaban J connectivity index is 1.88. The second-order valence-corrected chi connectivity index (χ2v) is 6.87. The summed E-state index contributed by atoms with van der Waals surface area (Å²) >= 11 is 0. The summed E-state index contributed by atoms with van der Waals surface area (Å²) in [5, 5.41) is 11.4. The minimum absolute atomic E-state index is 0.320. The number of hydrogen-bond acceptors (Lipinski definition) is 3. The summed E-state index contributed by atoms with van der Waals surface area (Å²) in [4.78, 5) is 20.6. The van der Waals surface area contributed by atoms with Gasteiger partial charge in [0.15, 0.2) is 0 Å². The fourth-order valence-electron chi connectivity index (χ4n) is 3.61. The lowest BCUT2D eigenvalue weighted by Crippen LogP contribution is -2.02. The molecule has 0 aliphatic carbocycles. The summed E-state index contributed by atoms with van der Waals surface area (Å²) in [5.74, 6) is -0.909. The topological polar surface area (TPSA) is 63.1 Å². The fourth-order valence-corrected chi connectivity index (χ4v) is 3.61. The van der Waals surface area contributed by atoms with E-state index >= 15 is 0 Å². The zero-order valence-corrected chi connectivity index (χ0v) is 15.4. The van der Waals surface area contributed by atoms with Crippen LogP contribution >= 0.6 is 0 Å². The van der Waals surface area contributed by atoms with E-state index in [9.17, 15) is 9.90 Å². The van der Waals surface area contributed by atoms with Crippen LogP contribution in [-0.4, -0.2) is 21.0 Å². The molecule has 1 N–H and O–H groups in total. The Morgan fingerprint density at radius 3 is 2.46 bits per heavy atom. The van der Waals surface area contributed by atoms with E-state index in [1.165, 1.54) is 38.5 Å². The van der Waals surface area contributed by atoms with Crippen molar-refractivity contribution in [3.8, 4) is 0 Å². The molecule has 0 saturated heterocycles. The van der Waals surface area contributed by atoms with Crippen LogP contribution in [0.1, 0.15) is 67.8 Å². The number of aryl methyl sites for hydroxylation is 1. The highest BCUT2D eigenvalue weighted by atomic mass is 16.4. The number of aromatic nitrogens is 2. The Labute approximate surface area is 154 Å². The molecule has 4 nitrogen and oxygen atoms in total. The molecule has 0 spiro atoms. The van der Waals surface area contributed by atoms with Gasteiger partial charge < -0.3 is 5.11 Å². The minimum atomic E-state index is -0.909. The van der Waals surface area contributed by atoms with Crippen molar-refractivity contribution in [3.63, 3.8) is 0 Å². The molecule has 2 aromatic heterocycles. The van der Waals surface area contributed by atoms with Crippen molar-refractivity contribution >= 4 is 27.8 Å². The third kappa shape index (κ3) is 4.01. The van der Waals surface area contributed by atoms with Gasteiger partial charge in [0, 0.05) is 23.2 Å². The Morgan fingerprint density at radius 2 is 1.69 bits per heavy atom. The molecule has 4 heteroatoms. The molecule has 1 aromatic carbocycles. The molecule has 0 unspecified atom stereocenters. The molecule has 0 fully saturated rings. The number of benzene rings is 1. The van der Waals surface area contributed by atoms with Gasteiger partial charge >= 0.3 is 5.97 Å². The van der Waals surface area contributed by atoms with Crippen LogP contribution in [0, 0.1) is 0 Å². The molecule has 0 atom stereocenters. The number of nitrogens with zero attached hydrogens (tertiary/aromatic N) is 2. The predicted molar refractivity (Wildman–Crippen MR) is 106 cm³/mol. The normalized spacial score (nSPS) is 11.3. The standard InChI is InChI=1S/C22H26N2O2/c1-2-3-4-5-6-7-8-10-16-15-17-11-9-13-23-20(17)21-19(16)18(22(25)26)12-14-24-21/h9,11-15H,2-8,10H2,1H3,(H,25,26). The Hall–Kier alpha value is -2.49. The molecule has 0 saturated carbocycles. The second-order valence-electron chi connectivity index (χ2n) is 6.87. The Morgan fingerprint density at radius 1 is 0.962 bits per heavy atom. The summed E-state index contributed by atoms with van der Waals surface area (Å²) in [7, 11) is 0. The van der Waals surface area contributed by atoms with E-state index in [4.69, 9.17) is 0 Å². The first-order chi connectivity index (χ1) is 12.7. The first-order valence-corrected chi connectivity index (χ1v) is 9.61. The maximum absolute atomic E-state index is 11.7. The SMILES string of the molecule is CCCCCCCCCc1cc2cccnc2c2nccc(C(=O)O)c12. The number of carbonyl (C=O) groups is 1. The van der Waals surface area contributed by atoms with E-state index in [1.54, 1.807) is 18.5 Å². The fraction of sp³-hybridized carbons (Fsp3) is 0.409. The van der Waals surface area contributed by atoms with Crippen LogP contribution < -0.4 is 0 Å². The average molecular weight is 350 g/mol. The minimum Gasteiger partial charge on any atom is -0.478 e. The van der Waals surface area contributed by atoms with E-state index in [2.05, 4.69) is 23.0 Å². The second kappa shape index (κ2) is 8.75. The van der Waals surface area contributed by atoms with Crippen LogP contribution in [-0.2, 0) is 6.42 Å². The number of rotatable bonds is 9. The van der Waals surface area contributed by atoms with E-state index in [0.29, 0.717) is 11.1 Å². The number of pyridine rings is 2. The number of hydrogen-bond donors (Lipinski definition) is 1. The van der Waals surface area contributed by atoms with E-state index < -0.39 is 5.97 Å². The Kier molecular flexibility index (Phi) is 6.16. The largest absolute Gasteiger partial charge is 0.478 e. The molecule has 136 valence electrons. The lowest BCUT2D eigenvalue weighted by Gasteiger charge is -2.11. The van der Waals surface area contributed by atoms with Gasteiger partial charge in [0.2, 0.25) is 0 Å². The van der Waals surface area contributed by atoms with Gasteiger partial charge in [0.1, 0.15) is 0 Å². The van der Waals surface area contributed by atoms with Crippen molar-refractivity contribution in [2.75, 3.05) is 0 Å².